The maximum Gasteiger partial charge on any atom is 0.315 e. The van der Waals surface area contributed by atoms with Crippen molar-refractivity contribution >= 4 is 23.9 Å². The number of ether oxygens (including phenoxy) is 4. The minimum atomic E-state index is -1.67. The van der Waals surface area contributed by atoms with Crippen LogP contribution in [0.25, 0.3) is 0 Å². The van der Waals surface area contributed by atoms with Gasteiger partial charge in [-0.05, 0) is 30.0 Å². The molecule has 3 rings (SSSR count). The first-order valence-corrected chi connectivity index (χ1v) is 12.3. The molecule has 1 aromatic rings. The molecule has 0 spiro atoms. The molecule has 2 N–H and O–H groups in total. The summed E-state index contributed by atoms with van der Waals surface area (Å²) in [4.78, 5) is 50.1. The van der Waals surface area contributed by atoms with Crippen molar-refractivity contribution in [2.45, 2.75) is 90.6 Å². The summed E-state index contributed by atoms with van der Waals surface area (Å²) in [7, 11) is 1.17. The SMILES string of the molecule is COC(=O)[C@]1(C)[C@H](OC(C)=O)C[C@H](OC(C)=O)[C@]2(C)c3c(O)cc(C(C)C)cc3[C@H](O)[C@H](OC(C)=O)[C@@H]12. The van der Waals surface area contributed by atoms with Crippen molar-refractivity contribution in [2.24, 2.45) is 11.3 Å². The molecule has 7 atom stereocenters. The Labute approximate surface area is 216 Å². The van der Waals surface area contributed by atoms with Gasteiger partial charge in [0.15, 0.2) is 0 Å². The van der Waals surface area contributed by atoms with Crippen LogP contribution in [0.1, 0.15) is 83.6 Å². The molecule has 1 fully saturated rings. The van der Waals surface area contributed by atoms with Gasteiger partial charge in [-0.2, -0.15) is 0 Å². The Balaban J connectivity index is 2.46. The van der Waals surface area contributed by atoms with E-state index in [4.69, 9.17) is 18.9 Å². The van der Waals surface area contributed by atoms with E-state index in [0.717, 1.165) is 5.56 Å². The largest absolute Gasteiger partial charge is 0.508 e. The van der Waals surface area contributed by atoms with Crippen LogP contribution >= 0.6 is 0 Å². The summed E-state index contributed by atoms with van der Waals surface area (Å²) in [5, 5.41) is 23.0. The molecule has 2 aliphatic rings. The molecule has 0 amide bonds. The number of rotatable bonds is 5. The van der Waals surface area contributed by atoms with E-state index in [2.05, 4.69) is 0 Å². The van der Waals surface area contributed by atoms with E-state index in [-0.39, 0.29) is 23.7 Å². The fourth-order valence-corrected chi connectivity index (χ4v) is 6.43. The average Bonchev–Trinajstić information content (AvgIpc) is 2.78. The molecule has 37 heavy (non-hydrogen) atoms. The van der Waals surface area contributed by atoms with E-state index in [0.29, 0.717) is 5.56 Å². The summed E-state index contributed by atoms with van der Waals surface area (Å²) in [6.07, 6.45) is -5.09. The molecule has 10 nitrogen and oxygen atoms in total. The highest BCUT2D eigenvalue weighted by Gasteiger charge is 2.71. The Morgan fingerprint density at radius 3 is 1.97 bits per heavy atom. The predicted octanol–water partition coefficient (Wildman–Crippen LogP) is 2.81. The Hall–Kier alpha value is -3.14. The number of aliphatic hydroxyl groups excluding tert-OH is 1. The van der Waals surface area contributed by atoms with Crippen LogP contribution in [0.2, 0.25) is 0 Å². The number of fused-ring (bicyclic) bond motifs is 3. The van der Waals surface area contributed by atoms with Gasteiger partial charge in [-0.25, -0.2) is 0 Å². The van der Waals surface area contributed by atoms with Crippen molar-refractivity contribution in [3.63, 3.8) is 0 Å². The number of hydrogen-bond donors (Lipinski definition) is 2. The minimum Gasteiger partial charge on any atom is -0.508 e. The summed E-state index contributed by atoms with van der Waals surface area (Å²) in [5.74, 6) is -4.13. The molecule has 0 bridgehead atoms. The van der Waals surface area contributed by atoms with Gasteiger partial charge in [-0.3, -0.25) is 19.2 Å². The normalized spacial score (nSPS) is 32.5. The smallest absolute Gasteiger partial charge is 0.315 e. The zero-order valence-corrected chi connectivity index (χ0v) is 22.5. The van der Waals surface area contributed by atoms with Gasteiger partial charge in [0.05, 0.1) is 7.11 Å². The third kappa shape index (κ3) is 4.56. The molecule has 0 heterocycles. The number of phenolic OH excluding ortho intramolecular Hbond substituents is 1. The quantitative estimate of drug-likeness (QED) is 0.439. The van der Waals surface area contributed by atoms with Crippen LogP contribution < -0.4 is 0 Å². The van der Waals surface area contributed by atoms with Crippen LogP contribution in [0.4, 0.5) is 0 Å². The molecule has 2 aliphatic carbocycles. The number of methoxy groups -OCH3 is 1. The second kappa shape index (κ2) is 9.96. The van der Waals surface area contributed by atoms with E-state index in [1.807, 2.05) is 13.8 Å². The number of carbonyl (C=O) groups excluding carboxylic acids is 4. The number of benzene rings is 1. The van der Waals surface area contributed by atoms with Crippen molar-refractivity contribution in [1.82, 2.24) is 0 Å². The Morgan fingerprint density at radius 2 is 1.49 bits per heavy atom. The van der Waals surface area contributed by atoms with Gasteiger partial charge in [0.2, 0.25) is 0 Å². The number of hydrogen-bond acceptors (Lipinski definition) is 10. The van der Waals surface area contributed by atoms with Crippen LogP contribution in [-0.2, 0) is 43.5 Å². The second-order valence-corrected chi connectivity index (χ2v) is 10.6. The van der Waals surface area contributed by atoms with E-state index in [1.54, 1.807) is 19.1 Å². The Bertz CT molecular complexity index is 1110. The molecule has 0 saturated heterocycles. The van der Waals surface area contributed by atoms with Gasteiger partial charge in [0.1, 0.15) is 35.6 Å². The summed E-state index contributed by atoms with van der Waals surface area (Å²) >= 11 is 0. The zero-order chi connectivity index (χ0) is 28.0. The lowest BCUT2D eigenvalue weighted by Crippen LogP contribution is -2.70. The van der Waals surface area contributed by atoms with Gasteiger partial charge >= 0.3 is 23.9 Å². The first-order chi connectivity index (χ1) is 17.1. The molecule has 204 valence electrons. The van der Waals surface area contributed by atoms with Crippen molar-refractivity contribution in [2.75, 3.05) is 7.11 Å². The molecule has 0 unspecified atom stereocenters. The summed E-state index contributed by atoms with van der Waals surface area (Å²) in [5.41, 5.74) is -1.76. The van der Waals surface area contributed by atoms with E-state index in [1.165, 1.54) is 34.8 Å². The second-order valence-electron chi connectivity index (χ2n) is 10.6. The van der Waals surface area contributed by atoms with Gasteiger partial charge < -0.3 is 29.2 Å². The van der Waals surface area contributed by atoms with E-state index >= 15 is 0 Å². The van der Waals surface area contributed by atoms with Gasteiger partial charge in [0, 0.05) is 44.1 Å². The standard InChI is InChI=1S/C27H36O10/c1-12(2)16-9-17-21(18(31)10-16)26(6)19(35-13(3)28)11-20(36-14(4)29)27(7,25(33)34-8)24(26)23(22(17)32)37-15(5)30/h9-10,12,19-20,22-24,31-32H,11H2,1-8H3/t19-,20+,22-,23-,24+,26+,27+/m0/s1. The van der Waals surface area contributed by atoms with Crippen LogP contribution in [0.3, 0.4) is 0 Å². The highest BCUT2D eigenvalue weighted by atomic mass is 16.6. The molecule has 1 aromatic carbocycles. The predicted molar refractivity (Wildman–Crippen MR) is 129 cm³/mol. The maximum absolute atomic E-state index is 13.5. The fourth-order valence-electron chi connectivity index (χ4n) is 6.43. The number of phenols is 1. The molecule has 0 aromatic heterocycles. The molecule has 0 aliphatic heterocycles. The maximum atomic E-state index is 13.5. The van der Waals surface area contributed by atoms with Gasteiger partial charge in [0.25, 0.3) is 0 Å². The molecule has 10 heteroatoms. The van der Waals surface area contributed by atoms with Gasteiger partial charge in [-0.1, -0.05) is 26.8 Å². The van der Waals surface area contributed by atoms with Crippen LogP contribution in [0.15, 0.2) is 12.1 Å². The molecule has 1 saturated carbocycles. The van der Waals surface area contributed by atoms with Crippen molar-refractivity contribution < 1.29 is 48.3 Å². The van der Waals surface area contributed by atoms with Gasteiger partial charge in [-0.15, -0.1) is 0 Å². The Kier molecular flexibility index (Phi) is 7.66. The topological polar surface area (TPSA) is 146 Å². The number of aromatic hydroxyl groups is 1. The Morgan fingerprint density at radius 1 is 0.946 bits per heavy atom. The summed E-state index contributed by atoms with van der Waals surface area (Å²) in [6, 6.07) is 3.30. The highest BCUT2D eigenvalue weighted by Crippen LogP contribution is 2.63. The summed E-state index contributed by atoms with van der Waals surface area (Å²) in [6.45, 7) is 10.6. The molecule has 0 radical (unpaired) electrons. The van der Waals surface area contributed by atoms with Crippen molar-refractivity contribution in [1.29, 1.82) is 0 Å². The van der Waals surface area contributed by atoms with E-state index < -0.39 is 65.0 Å². The van der Waals surface area contributed by atoms with Crippen molar-refractivity contribution in [3.8, 4) is 5.75 Å². The lowest BCUT2D eigenvalue weighted by molar-refractivity contribution is -0.229. The van der Waals surface area contributed by atoms with Crippen LogP contribution in [-0.4, -0.2) is 59.5 Å². The number of carbonyl (C=O) groups is 4. The zero-order valence-electron chi connectivity index (χ0n) is 22.5. The first kappa shape index (κ1) is 28.4. The highest BCUT2D eigenvalue weighted by molar-refractivity contribution is 5.80. The molecular weight excluding hydrogens is 484 g/mol. The average molecular weight is 521 g/mol. The number of aliphatic hydroxyl groups is 1. The van der Waals surface area contributed by atoms with E-state index in [9.17, 15) is 29.4 Å². The molecular formula is C27H36O10. The minimum absolute atomic E-state index is 0.00888. The first-order valence-electron chi connectivity index (χ1n) is 12.3. The van der Waals surface area contributed by atoms with Crippen LogP contribution in [0.5, 0.6) is 5.75 Å². The van der Waals surface area contributed by atoms with Crippen LogP contribution in [0, 0.1) is 11.3 Å². The fraction of sp³-hybridized carbons (Fsp3) is 0.630. The third-order valence-electron chi connectivity index (χ3n) is 7.94. The lowest BCUT2D eigenvalue weighted by Gasteiger charge is -2.61. The lowest BCUT2D eigenvalue weighted by atomic mass is 9.46. The number of esters is 4. The summed E-state index contributed by atoms with van der Waals surface area (Å²) < 4.78 is 22.1. The van der Waals surface area contributed by atoms with Crippen molar-refractivity contribution in [3.05, 3.63) is 28.8 Å². The third-order valence-corrected chi connectivity index (χ3v) is 7.94. The monoisotopic (exact) mass is 520 g/mol.